The SMILES string of the molecule is CCOC(=O)C(CC(=O)c1c(-c2ccccc2)nn2ccccc12)C(=O)OCC. The fourth-order valence-corrected chi connectivity index (χ4v) is 3.11. The first-order valence-corrected chi connectivity index (χ1v) is 9.46. The maximum atomic E-state index is 13.3. The molecule has 29 heavy (non-hydrogen) atoms. The molecule has 0 radical (unpaired) electrons. The van der Waals surface area contributed by atoms with Gasteiger partial charge in [-0.15, -0.1) is 0 Å². The van der Waals surface area contributed by atoms with Crippen LogP contribution in [-0.4, -0.2) is 40.5 Å². The number of pyridine rings is 1. The summed E-state index contributed by atoms with van der Waals surface area (Å²) in [6, 6.07) is 14.7. The van der Waals surface area contributed by atoms with Crippen LogP contribution in [0.4, 0.5) is 0 Å². The zero-order chi connectivity index (χ0) is 20.8. The largest absolute Gasteiger partial charge is 0.465 e. The Labute approximate surface area is 168 Å². The molecule has 0 saturated heterocycles. The van der Waals surface area contributed by atoms with Gasteiger partial charge in [0.25, 0.3) is 0 Å². The maximum absolute atomic E-state index is 13.3. The molecule has 7 nitrogen and oxygen atoms in total. The van der Waals surface area contributed by atoms with Crippen molar-refractivity contribution in [1.82, 2.24) is 9.61 Å². The number of fused-ring (bicyclic) bond motifs is 1. The van der Waals surface area contributed by atoms with Crippen LogP contribution in [0.25, 0.3) is 16.8 Å². The molecule has 0 aliphatic carbocycles. The minimum atomic E-state index is -1.32. The van der Waals surface area contributed by atoms with E-state index in [0.717, 1.165) is 5.56 Å². The molecule has 3 aromatic rings. The number of rotatable bonds is 8. The van der Waals surface area contributed by atoms with Crippen LogP contribution in [0.5, 0.6) is 0 Å². The lowest BCUT2D eigenvalue weighted by molar-refractivity contribution is -0.161. The quantitative estimate of drug-likeness (QED) is 0.331. The maximum Gasteiger partial charge on any atom is 0.320 e. The van der Waals surface area contributed by atoms with Gasteiger partial charge in [0.05, 0.1) is 24.3 Å². The lowest BCUT2D eigenvalue weighted by Crippen LogP contribution is -2.30. The van der Waals surface area contributed by atoms with Crippen LogP contribution in [-0.2, 0) is 19.1 Å². The molecule has 1 aromatic carbocycles. The zero-order valence-electron chi connectivity index (χ0n) is 16.3. The van der Waals surface area contributed by atoms with E-state index in [2.05, 4.69) is 5.10 Å². The van der Waals surface area contributed by atoms with Gasteiger partial charge in [-0.3, -0.25) is 14.4 Å². The molecule has 2 heterocycles. The molecular formula is C22H22N2O5. The van der Waals surface area contributed by atoms with Gasteiger partial charge >= 0.3 is 11.9 Å². The Kier molecular flexibility index (Phi) is 6.39. The number of esters is 2. The molecule has 0 spiro atoms. The number of hydrogen-bond acceptors (Lipinski definition) is 6. The van der Waals surface area contributed by atoms with Gasteiger partial charge in [-0.2, -0.15) is 5.10 Å². The highest BCUT2D eigenvalue weighted by Gasteiger charge is 2.34. The number of benzene rings is 1. The molecule has 0 bridgehead atoms. The molecule has 0 atom stereocenters. The Hall–Kier alpha value is -3.48. The normalized spacial score (nSPS) is 10.9. The van der Waals surface area contributed by atoms with Crippen molar-refractivity contribution in [2.45, 2.75) is 20.3 Å². The van der Waals surface area contributed by atoms with Gasteiger partial charge in [0.15, 0.2) is 11.7 Å². The van der Waals surface area contributed by atoms with Crippen LogP contribution in [0.2, 0.25) is 0 Å². The summed E-state index contributed by atoms with van der Waals surface area (Å²) in [6.45, 7) is 3.49. The van der Waals surface area contributed by atoms with E-state index in [-0.39, 0.29) is 25.4 Å². The Morgan fingerprint density at radius 2 is 1.55 bits per heavy atom. The third kappa shape index (κ3) is 4.34. The topological polar surface area (TPSA) is 87.0 Å². The Morgan fingerprint density at radius 3 is 2.17 bits per heavy atom. The van der Waals surface area contributed by atoms with Crippen molar-refractivity contribution in [2.24, 2.45) is 5.92 Å². The van der Waals surface area contributed by atoms with Crippen molar-refractivity contribution < 1.29 is 23.9 Å². The van der Waals surface area contributed by atoms with E-state index in [1.54, 1.807) is 36.7 Å². The molecule has 0 amide bonds. The van der Waals surface area contributed by atoms with Crippen LogP contribution in [0, 0.1) is 5.92 Å². The summed E-state index contributed by atoms with van der Waals surface area (Å²) in [4.78, 5) is 37.8. The molecule has 3 rings (SSSR count). The Balaban J connectivity index is 2.03. The molecule has 0 fully saturated rings. The van der Waals surface area contributed by atoms with Crippen LogP contribution in [0.15, 0.2) is 54.7 Å². The molecule has 150 valence electrons. The van der Waals surface area contributed by atoms with E-state index in [1.807, 2.05) is 36.4 Å². The number of aromatic nitrogens is 2. The van der Waals surface area contributed by atoms with Crippen molar-refractivity contribution in [3.63, 3.8) is 0 Å². The van der Waals surface area contributed by atoms with Crippen LogP contribution >= 0.6 is 0 Å². The van der Waals surface area contributed by atoms with Gasteiger partial charge in [-0.05, 0) is 26.0 Å². The second-order valence-electron chi connectivity index (χ2n) is 6.30. The number of nitrogens with zero attached hydrogens (tertiary/aromatic N) is 2. The highest BCUT2D eigenvalue weighted by Crippen LogP contribution is 2.28. The van der Waals surface area contributed by atoms with Crippen molar-refractivity contribution in [2.75, 3.05) is 13.2 Å². The van der Waals surface area contributed by atoms with Crippen LogP contribution in [0.3, 0.4) is 0 Å². The zero-order valence-corrected chi connectivity index (χ0v) is 16.3. The Bertz CT molecular complexity index is 1010. The number of carbonyl (C=O) groups excluding carboxylic acids is 3. The van der Waals surface area contributed by atoms with Gasteiger partial charge in [0.2, 0.25) is 0 Å². The van der Waals surface area contributed by atoms with Crippen LogP contribution in [0.1, 0.15) is 30.6 Å². The number of ether oxygens (including phenoxy) is 2. The predicted octanol–water partition coefficient (Wildman–Crippen LogP) is 3.32. The summed E-state index contributed by atoms with van der Waals surface area (Å²) in [5.41, 5.74) is 2.22. The highest BCUT2D eigenvalue weighted by atomic mass is 16.6. The minimum Gasteiger partial charge on any atom is -0.465 e. The van der Waals surface area contributed by atoms with E-state index in [0.29, 0.717) is 16.8 Å². The summed E-state index contributed by atoms with van der Waals surface area (Å²) < 4.78 is 11.6. The van der Waals surface area contributed by atoms with E-state index in [1.165, 1.54) is 0 Å². The summed E-state index contributed by atoms with van der Waals surface area (Å²) >= 11 is 0. The predicted molar refractivity (Wildman–Crippen MR) is 106 cm³/mol. The fourth-order valence-electron chi connectivity index (χ4n) is 3.11. The monoisotopic (exact) mass is 394 g/mol. The number of Topliss-reactive ketones (excluding diaryl/α,β-unsaturated/α-hetero) is 1. The molecule has 2 aromatic heterocycles. The van der Waals surface area contributed by atoms with Crippen molar-refractivity contribution in [3.8, 4) is 11.3 Å². The van der Waals surface area contributed by atoms with Crippen molar-refractivity contribution in [1.29, 1.82) is 0 Å². The lowest BCUT2D eigenvalue weighted by Gasteiger charge is -2.14. The van der Waals surface area contributed by atoms with Crippen molar-refractivity contribution >= 4 is 23.2 Å². The van der Waals surface area contributed by atoms with E-state index >= 15 is 0 Å². The number of carbonyl (C=O) groups is 3. The molecule has 0 saturated carbocycles. The average Bonchev–Trinajstić information content (AvgIpc) is 3.12. The fraction of sp³-hybridized carbons (Fsp3) is 0.273. The van der Waals surface area contributed by atoms with E-state index in [9.17, 15) is 14.4 Å². The van der Waals surface area contributed by atoms with Gasteiger partial charge < -0.3 is 9.47 Å². The minimum absolute atomic E-state index is 0.106. The summed E-state index contributed by atoms with van der Waals surface area (Å²) in [5, 5.41) is 4.54. The summed E-state index contributed by atoms with van der Waals surface area (Å²) in [7, 11) is 0. The second kappa shape index (κ2) is 9.14. The molecule has 0 unspecified atom stereocenters. The summed E-state index contributed by atoms with van der Waals surface area (Å²) in [6.07, 6.45) is 1.39. The standard InChI is InChI=1S/C22H22N2O5/c1-3-28-21(26)16(22(27)29-4-2)14-18(25)19-17-12-8-9-13-24(17)23-20(19)15-10-6-5-7-11-15/h5-13,16H,3-4,14H2,1-2H3. The average molecular weight is 394 g/mol. The third-order valence-corrected chi connectivity index (χ3v) is 4.40. The number of ketones is 1. The first-order valence-electron chi connectivity index (χ1n) is 9.46. The van der Waals surface area contributed by atoms with Gasteiger partial charge in [-0.1, -0.05) is 36.4 Å². The third-order valence-electron chi connectivity index (χ3n) is 4.40. The molecule has 0 aliphatic heterocycles. The Morgan fingerprint density at radius 1 is 0.931 bits per heavy atom. The summed E-state index contributed by atoms with van der Waals surface area (Å²) in [5.74, 6) is -3.23. The smallest absolute Gasteiger partial charge is 0.320 e. The highest BCUT2D eigenvalue weighted by molar-refractivity contribution is 6.11. The second-order valence-corrected chi connectivity index (χ2v) is 6.30. The molecular weight excluding hydrogens is 372 g/mol. The number of hydrogen-bond donors (Lipinski definition) is 0. The van der Waals surface area contributed by atoms with E-state index < -0.39 is 17.9 Å². The first-order chi connectivity index (χ1) is 14.1. The van der Waals surface area contributed by atoms with Gasteiger partial charge in [0, 0.05) is 18.2 Å². The molecule has 0 N–H and O–H groups in total. The van der Waals surface area contributed by atoms with Crippen LogP contribution < -0.4 is 0 Å². The lowest BCUT2D eigenvalue weighted by atomic mass is 9.95. The van der Waals surface area contributed by atoms with Crippen molar-refractivity contribution in [3.05, 3.63) is 60.3 Å². The van der Waals surface area contributed by atoms with Gasteiger partial charge in [-0.25, -0.2) is 4.52 Å². The van der Waals surface area contributed by atoms with Gasteiger partial charge in [0.1, 0.15) is 5.69 Å². The first kappa shape index (κ1) is 20.3. The van der Waals surface area contributed by atoms with E-state index in [4.69, 9.17) is 9.47 Å². The molecule has 7 heteroatoms. The molecule has 0 aliphatic rings.